The summed E-state index contributed by atoms with van der Waals surface area (Å²) in [6, 6.07) is 7.63. The van der Waals surface area contributed by atoms with Gasteiger partial charge in [0.15, 0.2) is 0 Å². The number of nitrogens with zero attached hydrogens (tertiary/aromatic N) is 2. The minimum atomic E-state index is -0.130. The van der Waals surface area contributed by atoms with Crippen LogP contribution in [0.5, 0.6) is 0 Å². The van der Waals surface area contributed by atoms with Gasteiger partial charge in [0.1, 0.15) is 6.54 Å². The summed E-state index contributed by atoms with van der Waals surface area (Å²) in [7, 11) is 0. The van der Waals surface area contributed by atoms with Crippen molar-refractivity contribution in [3.8, 4) is 0 Å². The highest BCUT2D eigenvalue weighted by atomic mass is 16.3. The number of benzene rings is 1. The van der Waals surface area contributed by atoms with Crippen LogP contribution in [0, 0.1) is 20.8 Å². The van der Waals surface area contributed by atoms with Gasteiger partial charge in [0.25, 0.3) is 0 Å². The van der Waals surface area contributed by atoms with Crippen LogP contribution in [-0.4, -0.2) is 20.8 Å². The molecule has 0 unspecified atom stereocenters. The van der Waals surface area contributed by atoms with Gasteiger partial charge >= 0.3 is 0 Å². The minimum absolute atomic E-state index is 0.0585. The molecule has 0 radical (unpaired) electrons. The van der Waals surface area contributed by atoms with Gasteiger partial charge in [-0.05, 0) is 32.4 Å². The van der Waals surface area contributed by atoms with Crippen molar-refractivity contribution in [3.63, 3.8) is 0 Å². The van der Waals surface area contributed by atoms with Gasteiger partial charge in [-0.25, -0.2) is 0 Å². The first-order valence-electron chi connectivity index (χ1n) is 6.52. The van der Waals surface area contributed by atoms with Crippen LogP contribution in [0.15, 0.2) is 24.3 Å². The first kappa shape index (κ1) is 14.3. The first-order valence-corrected chi connectivity index (χ1v) is 6.52. The lowest BCUT2D eigenvalue weighted by Gasteiger charge is -2.09. The quantitative estimate of drug-likeness (QED) is 0.894. The average molecular weight is 273 g/mol. The van der Waals surface area contributed by atoms with Crippen molar-refractivity contribution in [3.05, 3.63) is 46.8 Å². The van der Waals surface area contributed by atoms with Crippen molar-refractivity contribution >= 4 is 11.6 Å². The summed E-state index contributed by atoms with van der Waals surface area (Å²) in [5.41, 5.74) is 4.19. The van der Waals surface area contributed by atoms with E-state index in [1.807, 2.05) is 45.0 Å². The smallest absolute Gasteiger partial charge is 0.246 e. The summed E-state index contributed by atoms with van der Waals surface area (Å²) >= 11 is 0. The second-order valence-electron chi connectivity index (χ2n) is 4.83. The molecular formula is C15H19N3O2. The fourth-order valence-electron chi connectivity index (χ4n) is 2.16. The molecule has 0 spiro atoms. The first-order chi connectivity index (χ1) is 9.52. The molecule has 5 nitrogen and oxygen atoms in total. The third kappa shape index (κ3) is 2.88. The predicted molar refractivity (Wildman–Crippen MR) is 77.4 cm³/mol. The predicted octanol–water partition coefficient (Wildman–Crippen LogP) is 1.94. The molecule has 20 heavy (non-hydrogen) atoms. The number of carbonyl (C=O) groups excluding carboxylic acids is 1. The molecule has 0 fully saturated rings. The second-order valence-corrected chi connectivity index (χ2v) is 4.83. The van der Waals surface area contributed by atoms with Crippen LogP contribution in [0.1, 0.15) is 22.5 Å². The number of aliphatic hydroxyl groups excluding tert-OH is 1. The van der Waals surface area contributed by atoms with Gasteiger partial charge < -0.3 is 10.4 Å². The van der Waals surface area contributed by atoms with E-state index < -0.39 is 0 Å². The number of anilines is 1. The maximum absolute atomic E-state index is 12.1. The number of nitrogens with one attached hydrogen (secondary N) is 1. The number of carbonyl (C=O) groups is 1. The summed E-state index contributed by atoms with van der Waals surface area (Å²) in [5.74, 6) is -0.130. The molecule has 106 valence electrons. The average Bonchev–Trinajstić information content (AvgIpc) is 2.67. The summed E-state index contributed by atoms with van der Waals surface area (Å²) in [4.78, 5) is 12.1. The van der Waals surface area contributed by atoms with E-state index in [2.05, 4.69) is 10.4 Å². The fraction of sp³-hybridized carbons (Fsp3) is 0.333. The van der Waals surface area contributed by atoms with Crippen molar-refractivity contribution < 1.29 is 9.90 Å². The highest BCUT2D eigenvalue weighted by molar-refractivity contribution is 5.91. The molecular weight excluding hydrogens is 254 g/mol. The van der Waals surface area contributed by atoms with Gasteiger partial charge in [-0.2, -0.15) is 5.10 Å². The standard InChI is InChI=1S/C15H19N3O2/c1-10-6-4-5-7-14(10)16-15(20)8-18-12(3)13(9-19)11(2)17-18/h4-7,19H,8-9H2,1-3H3,(H,16,20). The number of hydrogen-bond donors (Lipinski definition) is 2. The number of aryl methyl sites for hydroxylation is 2. The molecule has 1 aromatic carbocycles. The maximum Gasteiger partial charge on any atom is 0.246 e. The molecule has 0 bridgehead atoms. The molecule has 1 heterocycles. The van der Waals surface area contributed by atoms with Gasteiger partial charge in [0, 0.05) is 16.9 Å². The highest BCUT2D eigenvalue weighted by Crippen LogP contribution is 2.15. The monoisotopic (exact) mass is 273 g/mol. The summed E-state index contributed by atoms with van der Waals surface area (Å²) in [6.45, 7) is 5.71. The van der Waals surface area contributed by atoms with Gasteiger partial charge in [-0.3, -0.25) is 9.48 Å². The van der Waals surface area contributed by atoms with Crippen LogP contribution >= 0.6 is 0 Å². The molecule has 2 rings (SSSR count). The van der Waals surface area contributed by atoms with Crippen molar-refractivity contribution in [1.82, 2.24) is 9.78 Å². The van der Waals surface area contributed by atoms with Gasteiger partial charge in [0.05, 0.1) is 12.3 Å². The van der Waals surface area contributed by atoms with Crippen molar-refractivity contribution in [2.24, 2.45) is 0 Å². The maximum atomic E-state index is 12.1. The van der Waals surface area contributed by atoms with E-state index in [4.69, 9.17) is 0 Å². The second kappa shape index (κ2) is 5.88. The summed E-state index contributed by atoms with van der Waals surface area (Å²) in [6.07, 6.45) is 0. The van der Waals surface area contributed by atoms with Gasteiger partial charge in [-0.15, -0.1) is 0 Å². The van der Waals surface area contributed by atoms with Gasteiger partial charge in [0.2, 0.25) is 5.91 Å². The molecule has 0 aliphatic carbocycles. The zero-order valence-corrected chi connectivity index (χ0v) is 12.0. The fourth-order valence-corrected chi connectivity index (χ4v) is 2.16. The molecule has 2 aromatic rings. The van der Waals surface area contributed by atoms with Crippen molar-refractivity contribution in [1.29, 1.82) is 0 Å². The number of hydrogen-bond acceptors (Lipinski definition) is 3. The largest absolute Gasteiger partial charge is 0.392 e. The Balaban J connectivity index is 2.11. The third-order valence-electron chi connectivity index (χ3n) is 3.40. The number of para-hydroxylation sites is 1. The van der Waals surface area contributed by atoms with E-state index in [1.54, 1.807) is 4.68 Å². The normalized spacial score (nSPS) is 10.6. The molecule has 1 aromatic heterocycles. The van der Waals surface area contributed by atoms with Crippen LogP contribution in [0.2, 0.25) is 0 Å². The Kier molecular flexibility index (Phi) is 4.20. The van der Waals surface area contributed by atoms with Crippen molar-refractivity contribution in [2.75, 3.05) is 5.32 Å². The Hall–Kier alpha value is -2.14. The lowest BCUT2D eigenvalue weighted by molar-refractivity contribution is -0.116. The Morgan fingerprint density at radius 2 is 2.00 bits per heavy atom. The third-order valence-corrected chi connectivity index (χ3v) is 3.40. The summed E-state index contributed by atoms with van der Waals surface area (Å²) < 4.78 is 1.62. The zero-order valence-electron chi connectivity index (χ0n) is 12.0. The summed E-state index contributed by atoms with van der Waals surface area (Å²) in [5, 5.41) is 16.4. The SMILES string of the molecule is Cc1ccccc1NC(=O)Cn1nc(C)c(CO)c1C. The van der Waals surface area contributed by atoms with Gasteiger partial charge in [-0.1, -0.05) is 18.2 Å². The number of amides is 1. The van der Waals surface area contributed by atoms with Crippen LogP contribution < -0.4 is 5.32 Å². The minimum Gasteiger partial charge on any atom is -0.392 e. The molecule has 0 atom stereocenters. The molecule has 2 N–H and O–H groups in total. The lowest BCUT2D eigenvalue weighted by atomic mass is 10.2. The van der Waals surface area contributed by atoms with E-state index >= 15 is 0 Å². The zero-order chi connectivity index (χ0) is 14.7. The van der Waals surface area contributed by atoms with E-state index in [-0.39, 0.29) is 19.1 Å². The Morgan fingerprint density at radius 1 is 1.30 bits per heavy atom. The van der Waals surface area contributed by atoms with Crippen LogP contribution in [0.4, 0.5) is 5.69 Å². The molecule has 1 amide bonds. The Labute approximate surface area is 118 Å². The lowest BCUT2D eigenvalue weighted by Crippen LogP contribution is -2.20. The van der Waals surface area contributed by atoms with E-state index in [9.17, 15) is 9.90 Å². The number of rotatable bonds is 4. The van der Waals surface area contributed by atoms with Crippen LogP contribution in [-0.2, 0) is 17.9 Å². The molecule has 0 aliphatic rings. The van der Waals surface area contributed by atoms with Crippen molar-refractivity contribution in [2.45, 2.75) is 33.9 Å². The van der Waals surface area contributed by atoms with E-state index in [1.165, 1.54) is 0 Å². The number of aromatic nitrogens is 2. The molecule has 0 saturated carbocycles. The Morgan fingerprint density at radius 3 is 2.60 bits per heavy atom. The van der Waals surface area contributed by atoms with Crippen LogP contribution in [0.3, 0.4) is 0 Å². The van der Waals surface area contributed by atoms with E-state index in [0.717, 1.165) is 28.2 Å². The molecule has 5 heteroatoms. The topological polar surface area (TPSA) is 67.2 Å². The highest BCUT2D eigenvalue weighted by Gasteiger charge is 2.13. The molecule has 0 aliphatic heterocycles. The molecule has 0 saturated heterocycles. The van der Waals surface area contributed by atoms with E-state index in [0.29, 0.717) is 0 Å². The van der Waals surface area contributed by atoms with Crippen LogP contribution in [0.25, 0.3) is 0 Å². The number of aliphatic hydroxyl groups is 1. The Bertz CT molecular complexity index is 632.